The van der Waals surface area contributed by atoms with Crippen LogP contribution in [0.5, 0.6) is 0 Å². The van der Waals surface area contributed by atoms with Gasteiger partial charge in [-0.1, -0.05) is 5.11 Å². The second-order valence-corrected chi connectivity index (χ2v) is 0.720. The molecule has 0 aromatic heterocycles. The number of rotatable bonds is 3. The third-order valence-corrected chi connectivity index (χ3v) is 0.281. The first kappa shape index (κ1) is 6.07. The van der Waals surface area contributed by atoms with E-state index in [1.165, 1.54) is 0 Å². The second kappa shape index (κ2) is 5.07. The van der Waals surface area contributed by atoms with Gasteiger partial charge in [-0.15, -0.1) is 0 Å². The molecule has 0 radical (unpaired) electrons. The van der Waals surface area contributed by atoms with Gasteiger partial charge in [0.1, 0.15) is 6.61 Å². The average Bonchev–Trinajstić information content (AvgIpc) is 1.69. The fourth-order valence-electron chi connectivity index (χ4n) is 0.110. The molecule has 0 aliphatic carbocycles. The van der Waals surface area contributed by atoms with E-state index >= 15 is 0 Å². The topological polar surface area (TPSA) is 51.0 Å². The van der Waals surface area contributed by atoms with Crippen LogP contribution in [-0.4, -0.2) is 13.0 Å². The van der Waals surface area contributed by atoms with Crippen LogP contribution in [-0.2, 0) is 9.63 Å². The summed E-state index contributed by atoms with van der Waals surface area (Å²) >= 11 is 0. The van der Waals surface area contributed by atoms with Crippen molar-refractivity contribution >= 4 is 6.41 Å². The van der Waals surface area contributed by atoms with Crippen molar-refractivity contribution in [2.45, 2.75) is 6.92 Å². The van der Waals surface area contributed by atoms with E-state index in [1.807, 2.05) is 0 Å². The molecule has 4 heteroatoms. The zero-order chi connectivity index (χ0) is 5.54. The standard InChI is InChI=1S/C3H6N2O2/c1-2-7-5-4-3-6/h3H,2H2,1H3. The molecule has 0 unspecified atom stereocenters. The highest BCUT2D eigenvalue weighted by molar-refractivity contribution is 5.45. The Bertz CT molecular complexity index is 71.3. The van der Waals surface area contributed by atoms with E-state index in [1.54, 1.807) is 6.92 Å². The zero-order valence-corrected chi connectivity index (χ0v) is 4.00. The third kappa shape index (κ3) is 5.07. The summed E-state index contributed by atoms with van der Waals surface area (Å²) < 4.78 is 0. The Morgan fingerprint density at radius 3 is 3.00 bits per heavy atom. The van der Waals surface area contributed by atoms with Crippen LogP contribution in [0.15, 0.2) is 10.4 Å². The summed E-state index contributed by atoms with van der Waals surface area (Å²) in [6.45, 7) is 2.20. The summed E-state index contributed by atoms with van der Waals surface area (Å²) in [5.74, 6) is 0. The molecule has 0 atom stereocenters. The normalized spacial score (nSPS) is 9.29. The van der Waals surface area contributed by atoms with E-state index in [2.05, 4.69) is 15.2 Å². The minimum Gasteiger partial charge on any atom is -0.380 e. The second-order valence-electron chi connectivity index (χ2n) is 0.720. The van der Waals surface area contributed by atoms with Gasteiger partial charge in [0, 0.05) is 5.28 Å². The van der Waals surface area contributed by atoms with Crippen LogP contribution in [0, 0.1) is 0 Å². The molecule has 1 amide bonds. The molecule has 0 aliphatic rings. The molecule has 0 spiro atoms. The highest BCUT2D eigenvalue weighted by atomic mass is 16.6. The minimum atomic E-state index is 0.315. The largest absolute Gasteiger partial charge is 0.380 e. The van der Waals surface area contributed by atoms with Crippen molar-refractivity contribution in [1.82, 2.24) is 0 Å². The van der Waals surface area contributed by atoms with Gasteiger partial charge in [0.25, 0.3) is 6.41 Å². The fourth-order valence-corrected chi connectivity index (χ4v) is 0.110. The summed E-state index contributed by atoms with van der Waals surface area (Å²) in [7, 11) is 0. The smallest absolute Gasteiger partial charge is 0.255 e. The molecule has 40 valence electrons. The van der Waals surface area contributed by atoms with Gasteiger partial charge >= 0.3 is 0 Å². The maximum Gasteiger partial charge on any atom is 0.255 e. The molecule has 4 nitrogen and oxygen atoms in total. The van der Waals surface area contributed by atoms with Gasteiger partial charge in [-0.05, 0) is 6.92 Å². The molecule has 0 rings (SSSR count). The van der Waals surface area contributed by atoms with E-state index in [9.17, 15) is 4.79 Å². The summed E-state index contributed by atoms with van der Waals surface area (Å²) in [6.07, 6.45) is 0.315. The Morgan fingerprint density at radius 2 is 2.57 bits per heavy atom. The molecule has 0 bridgehead atoms. The predicted molar refractivity (Wildman–Crippen MR) is 22.5 cm³/mol. The maximum atomic E-state index is 9.34. The van der Waals surface area contributed by atoms with Gasteiger partial charge in [0.15, 0.2) is 0 Å². The molecule has 0 aliphatic heterocycles. The van der Waals surface area contributed by atoms with Crippen molar-refractivity contribution in [2.24, 2.45) is 10.4 Å². The monoisotopic (exact) mass is 102 g/mol. The molecule has 0 N–H and O–H groups in total. The van der Waals surface area contributed by atoms with Crippen LogP contribution < -0.4 is 0 Å². The number of hydrogen-bond donors (Lipinski definition) is 0. The lowest BCUT2D eigenvalue weighted by atomic mass is 10.9. The fraction of sp³-hybridized carbons (Fsp3) is 0.667. The summed E-state index contributed by atoms with van der Waals surface area (Å²) in [5.41, 5.74) is 0. The van der Waals surface area contributed by atoms with E-state index in [0.717, 1.165) is 0 Å². The van der Waals surface area contributed by atoms with Crippen molar-refractivity contribution in [2.75, 3.05) is 6.61 Å². The molecule has 7 heavy (non-hydrogen) atoms. The highest BCUT2D eigenvalue weighted by Gasteiger charge is 1.65. The lowest BCUT2D eigenvalue weighted by Crippen LogP contribution is -1.74. The molecule has 0 saturated heterocycles. The van der Waals surface area contributed by atoms with E-state index < -0.39 is 0 Å². The zero-order valence-electron chi connectivity index (χ0n) is 4.00. The lowest BCUT2D eigenvalue weighted by molar-refractivity contribution is -0.107. The molecule has 0 aromatic carbocycles. The van der Waals surface area contributed by atoms with Crippen molar-refractivity contribution in [3.8, 4) is 0 Å². The third-order valence-electron chi connectivity index (χ3n) is 0.281. The summed E-state index contributed by atoms with van der Waals surface area (Å²) in [5, 5.41) is 5.85. The van der Waals surface area contributed by atoms with Crippen molar-refractivity contribution in [3.05, 3.63) is 0 Å². The highest BCUT2D eigenvalue weighted by Crippen LogP contribution is 1.72. The Kier molecular flexibility index (Phi) is 4.40. The summed E-state index contributed by atoms with van der Waals surface area (Å²) in [4.78, 5) is 13.6. The van der Waals surface area contributed by atoms with E-state index in [0.29, 0.717) is 13.0 Å². The summed E-state index contributed by atoms with van der Waals surface area (Å²) in [6, 6.07) is 0. The number of hydrogen-bond acceptors (Lipinski definition) is 3. The minimum absolute atomic E-state index is 0.315. The van der Waals surface area contributed by atoms with E-state index in [-0.39, 0.29) is 0 Å². The first-order valence-electron chi connectivity index (χ1n) is 1.87. The molecule has 0 saturated carbocycles. The van der Waals surface area contributed by atoms with Crippen molar-refractivity contribution in [3.63, 3.8) is 0 Å². The van der Waals surface area contributed by atoms with Gasteiger partial charge < -0.3 is 4.84 Å². The molecular formula is C3H6N2O2. The van der Waals surface area contributed by atoms with Gasteiger partial charge in [-0.25, -0.2) is 0 Å². The van der Waals surface area contributed by atoms with Gasteiger partial charge in [0.2, 0.25) is 0 Å². The van der Waals surface area contributed by atoms with Crippen LogP contribution >= 0.6 is 0 Å². The molecule has 0 fully saturated rings. The van der Waals surface area contributed by atoms with Crippen molar-refractivity contribution < 1.29 is 9.63 Å². The number of carbonyl (C=O) groups excluding carboxylic acids is 1. The van der Waals surface area contributed by atoms with Crippen molar-refractivity contribution in [1.29, 1.82) is 0 Å². The molecular weight excluding hydrogens is 96.0 g/mol. The Labute approximate surface area is 41.1 Å². The SMILES string of the molecule is CCON=NC=O. The number of carbonyl (C=O) groups is 1. The number of nitrogens with zero attached hydrogens (tertiary/aromatic N) is 2. The number of amides is 1. The Hall–Kier alpha value is -0.930. The maximum absolute atomic E-state index is 9.34. The van der Waals surface area contributed by atoms with Crippen LogP contribution in [0.3, 0.4) is 0 Å². The van der Waals surface area contributed by atoms with Crippen LogP contribution in [0.25, 0.3) is 0 Å². The van der Waals surface area contributed by atoms with Gasteiger partial charge in [-0.3, -0.25) is 4.79 Å². The quantitative estimate of drug-likeness (QED) is 0.297. The van der Waals surface area contributed by atoms with Gasteiger partial charge in [0.05, 0.1) is 0 Å². The first-order valence-corrected chi connectivity index (χ1v) is 1.87. The first-order chi connectivity index (χ1) is 3.41. The van der Waals surface area contributed by atoms with Crippen LogP contribution in [0.2, 0.25) is 0 Å². The van der Waals surface area contributed by atoms with Gasteiger partial charge in [-0.2, -0.15) is 0 Å². The average molecular weight is 102 g/mol. The molecule has 0 heterocycles. The Balaban J connectivity index is 2.92. The lowest BCUT2D eigenvalue weighted by Gasteiger charge is -1.81. The molecule has 0 aromatic rings. The van der Waals surface area contributed by atoms with Crippen LogP contribution in [0.1, 0.15) is 6.92 Å². The van der Waals surface area contributed by atoms with E-state index in [4.69, 9.17) is 0 Å². The predicted octanol–water partition coefficient (Wildman–Crippen LogP) is 0.546. The Morgan fingerprint density at radius 1 is 1.86 bits per heavy atom. The van der Waals surface area contributed by atoms with Crippen LogP contribution in [0.4, 0.5) is 0 Å².